The molecule has 0 fully saturated rings. The number of aryl methyl sites for hydroxylation is 1. The molecule has 0 aliphatic carbocycles. The molecule has 0 saturated heterocycles. The Morgan fingerprint density at radius 3 is 2.50 bits per heavy atom. The Morgan fingerprint density at radius 2 is 2.00 bits per heavy atom. The normalized spacial score (nSPS) is 8.67. The summed E-state index contributed by atoms with van der Waals surface area (Å²) in [5, 5.41) is 23.2. The molecule has 1 aromatic carbocycles. The zero-order valence-corrected chi connectivity index (χ0v) is 9.98. The fourth-order valence-corrected chi connectivity index (χ4v) is 1.27. The quantitative estimate of drug-likeness (QED) is 0.612. The smallest absolute Gasteiger partial charge is 0.251 e. The number of hydrogen-bond donors (Lipinski definition) is 2. The number of nitrogens with one attached hydrogen (secondary N) is 2. The van der Waals surface area contributed by atoms with Gasteiger partial charge >= 0.3 is 0 Å². The van der Waals surface area contributed by atoms with E-state index in [4.69, 9.17) is 10.5 Å². The molecular weight excluding hydrogens is 230 g/mol. The standard InChI is InChI=1S/C12H11N5O/c1-8-5-9(12(18)15-2)3-4-11(8)17-16-10(6-13)7-14/h3-5,17H,1-2H3,(H,15,18). The number of rotatable bonds is 3. The second kappa shape index (κ2) is 6.02. The number of nitriles is 2. The van der Waals surface area contributed by atoms with Gasteiger partial charge in [-0.25, -0.2) is 0 Å². The van der Waals surface area contributed by atoms with Gasteiger partial charge in [0.05, 0.1) is 5.69 Å². The predicted octanol–water partition coefficient (Wildman–Crippen LogP) is 1.17. The molecule has 2 N–H and O–H groups in total. The summed E-state index contributed by atoms with van der Waals surface area (Å²) in [6.07, 6.45) is 0. The molecule has 0 unspecified atom stereocenters. The van der Waals surface area contributed by atoms with Crippen molar-refractivity contribution < 1.29 is 4.79 Å². The van der Waals surface area contributed by atoms with Crippen LogP contribution in [0.1, 0.15) is 15.9 Å². The minimum absolute atomic E-state index is 0.178. The highest BCUT2D eigenvalue weighted by atomic mass is 16.1. The lowest BCUT2D eigenvalue weighted by molar-refractivity contribution is 0.0963. The molecular formula is C12H11N5O. The Kier molecular flexibility index (Phi) is 4.42. The number of benzene rings is 1. The van der Waals surface area contributed by atoms with E-state index in [0.29, 0.717) is 11.3 Å². The van der Waals surface area contributed by atoms with E-state index in [-0.39, 0.29) is 11.6 Å². The highest BCUT2D eigenvalue weighted by Gasteiger charge is 2.05. The summed E-state index contributed by atoms with van der Waals surface area (Å²) >= 11 is 0. The van der Waals surface area contributed by atoms with Crippen molar-refractivity contribution in [3.05, 3.63) is 29.3 Å². The van der Waals surface area contributed by atoms with E-state index in [9.17, 15) is 4.79 Å². The SMILES string of the molecule is CNC(=O)c1ccc(NN=C(C#N)C#N)c(C)c1. The highest BCUT2D eigenvalue weighted by molar-refractivity contribution is 6.10. The van der Waals surface area contributed by atoms with Gasteiger partial charge in [-0.3, -0.25) is 10.2 Å². The van der Waals surface area contributed by atoms with Crippen LogP contribution in [0.15, 0.2) is 23.3 Å². The maximum Gasteiger partial charge on any atom is 0.251 e. The van der Waals surface area contributed by atoms with Crippen molar-refractivity contribution in [2.75, 3.05) is 12.5 Å². The molecule has 0 aliphatic rings. The van der Waals surface area contributed by atoms with Crippen molar-refractivity contribution in [2.24, 2.45) is 5.10 Å². The summed E-state index contributed by atoms with van der Waals surface area (Å²) in [5.41, 5.74) is 4.30. The first kappa shape index (κ1) is 13.2. The second-order valence-corrected chi connectivity index (χ2v) is 3.40. The molecule has 6 nitrogen and oxygen atoms in total. The van der Waals surface area contributed by atoms with Crippen LogP contribution in [-0.2, 0) is 0 Å². The van der Waals surface area contributed by atoms with Gasteiger partial charge in [-0.05, 0) is 30.7 Å². The van der Waals surface area contributed by atoms with Crippen molar-refractivity contribution in [3.63, 3.8) is 0 Å². The number of carbonyl (C=O) groups excluding carboxylic acids is 1. The zero-order valence-electron chi connectivity index (χ0n) is 9.98. The molecule has 0 aromatic heterocycles. The van der Waals surface area contributed by atoms with Crippen LogP contribution in [0.4, 0.5) is 5.69 Å². The molecule has 0 heterocycles. The van der Waals surface area contributed by atoms with Crippen LogP contribution in [0.2, 0.25) is 0 Å². The van der Waals surface area contributed by atoms with Crippen molar-refractivity contribution >= 4 is 17.3 Å². The van der Waals surface area contributed by atoms with Crippen molar-refractivity contribution in [2.45, 2.75) is 6.92 Å². The van der Waals surface area contributed by atoms with Gasteiger partial charge in [0.1, 0.15) is 12.1 Å². The van der Waals surface area contributed by atoms with E-state index in [1.54, 1.807) is 44.3 Å². The van der Waals surface area contributed by atoms with Crippen LogP contribution in [0.3, 0.4) is 0 Å². The van der Waals surface area contributed by atoms with E-state index in [1.165, 1.54) is 0 Å². The largest absolute Gasteiger partial charge is 0.355 e. The van der Waals surface area contributed by atoms with Gasteiger partial charge in [-0.15, -0.1) is 0 Å². The van der Waals surface area contributed by atoms with Gasteiger partial charge in [0.25, 0.3) is 5.91 Å². The fraction of sp³-hybridized carbons (Fsp3) is 0.167. The highest BCUT2D eigenvalue weighted by Crippen LogP contribution is 2.16. The van der Waals surface area contributed by atoms with Crippen LogP contribution in [-0.4, -0.2) is 18.7 Å². The van der Waals surface area contributed by atoms with Crippen LogP contribution in [0.5, 0.6) is 0 Å². The number of hydrogen-bond acceptors (Lipinski definition) is 5. The summed E-state index contributed by atoms with van der Waals surface area (Å²) < 4.78 is 0. The van der Waals surface area contributed by atoms with Gasteiger partial charge in [0.15, 0.2) is 0 Å². The van der Waals surface area contributed by atoms with E-state index in [1.807, 2.05) is 0 Å². The first-order valence-electron chi connectivity index (χ1n) is 5.09. The van der Waals surface area contributed by atoms with Crippen LogP contribution < -0.4 is 10.7 Å². The Bertz CT molecular complexity index is 561. The Morgan fingerprint density at radius 1 is 1.33 bits per heavy atom. The van der Waals surface area contributed by atoms with Gasteiger partial charge < -0.3 is 5.32 Å². The number of carbonyl (C=O) groups is 1. The molecule has 90 valence electrons. The first-order chi connectivity index (χ1) is 8.62. The summed E-state index contributed by atoms with van der Waals surface area (Å²) in [4.78, 5) is 11.4. The van der Waals surface area contributed by atoms with Crippen LogP contribution in [0.25, 0.3) is 0 Å². The molecule has 1 rings (SSSR count). The van der Waals surface area contributed by atoms with E-state index >= 15 is 0 Å². The minimum Gasteiger partial charge on any atom is -0.355 e. The molecule has 0 atom stereocenters. The molecule has 0 bridgehead atoms. The lowest BCUT2D eigenvalue weighted by Gasteiger charge is -2.06. The van der Waals surface area contributed by atoms with Gasteiger partial charge in [-0.1, -0.05) is 0 Å². The van der Waals surface area contributed by atoms with Gasteiger partial charge in [0.2, 0.25) is 5.71 Å². The minimum atomic E-state index is -0.259. The molecule has 0 saturated carbocycles. The monoisotopic (exact) mass is 241 g/mol. The molecule has 18 heavy (non-hydrogen) atoms. The van der Waals surface area contributed by atoms with E-state index in [0.717, 1.165) is 5.56 Å². The van der Waals surface area contributed by atoms with Crippen molar-refractivity contribution in [3.8, 4) is 12.1 Å². The number of hydrazone groups is 1. The third-order valence-corrected chi connectivity index (χ3v) is 2.22. The lowest BCUT2D eigenvalue weighted by atomic mass is 10.1. The van der Waals surface area contributed by atoms with Gasteiger partial charge in [0, 0.05) is 12.6 Å². The first-order valence-corrected chi connectivity index (χ1v) is 5.09. The Balaban J connectivity index is 2.95. The van der Waals surface area contributed by atoms with Crippen molar-refractivity contribution in [1.82, 2.24) is 5.32 Å². The molecule has 1 aromatic rings. The van der Waals surface area contributed by atoms with Crippen LogP contribution >= 0.6 is 0 Å². The molecule has 0 spiro atoms. The summed E-state index contributed by atoms with van der Waals surface area (Å²) in [6, 6.07) is 8.26. The summed E-state index contributed by atoms with van der Waals surface area (Å²) in [5.74, 6) is -0.178. The van der Waals surface area contributed by atoms with Crippen LogP contribution in [0, 0.1) is 29.6 Å². The molecule has 1 amide bonds. The molecule has 0 aliphatic heterocycles. The molecule has 0 radical (unpaired) electrons. The number of amides is 1. The Labute approximate surface area is 105 Å². The maximum atomic E-state index is 11.4. The second-order valence-electron chi connectivity index (χ2n) is 3.40. The maximum absolute atomic E-state index is 11.4. The average molecular weight is 241 g/mol. The third-order valence-electron chi connectivity index (χ3n) is 2.22. The van der Waals surface area contributed by atoms with E-state index < -0.39 is 0 Å². The number of anilines is 1. The summed E-state index contributed by atoms with van der Waals surface area (Å²) in [7, 11) is 1.56. The number of nitrogens with zero attached hydrogens (tertiary/aromatic N) is 3. The topological polar surface area (TPSA) is 101 Å². The zero-order chi connectivity index (χ0) is 13.5. The third kappa shape index (κ3) is 3.06. The van der Waals surface area contributed by atoms with E-state index in [2.05, 4.69) is 15.8 Å². The Hall–Kier alpha value is -2.86. The average Bonchev–Trinajstić information content (AvgIpc) is 2.40. The summed E-state index contributed by atoms with van der Waals surface area (Å²) in [6.45, 7) is 1.79. The molecule has 6 heteroatoms. The fourth-order valence-electron chi connectivity index (χ4n) is 1.27. The lowest BCUT2D eigenvalue weighted by Crippen LogP contribution is -2.17. The predicted molar refractivity (Wildman–Crippen MR) is 66.9 cm³/mol. The van der Waals surface area contributed by atoms with Gasteiger partial charge in [-0.2, -0.15) is 15.6 Å². The van der Waals surface area contributed by atoms with Crippen molar-refractivity contribution in [1.29, 1.82) is 10.5 Å².